The fraction of sp³-hybridized carbons (Fsp3) is 0.167. The van der Waals surface area contributed by atoms with Gasteiger partial charge >= 0.3 is 0 Å². The number of guanidine groups is 1. The summed E-state index contributed by atoms with van der Waals surface area (Å²) >= 11 is 0. The van der Waals surface area contributed by atoms with Gasteiger partial charge in [0.15, 0.2) is 0 Å². The molecule has 0 aliphatic carbocycles. The maximum Gasteiger partial charge on any atom is 0.250 e. The molecule has 0 aliphatic rings. The molecule has 0 bridgehead atoms. The Morgan fingerprint density at radius 2 is 1.97 bits per heavy atom. The summed E-state index contributed by atoms with van der Waals surface area (Å²) in [6.45, 7) is 4.24. The molecule has 1 aromatic carbocycles. The molecular weight excluding hydrogens is 404 g/mol. The zero-order chi connectivity index (χ0) is 22.3. The van der Waals surface area contributed by atoms with Gasteiger partial charge in [-0.05, 0) is 56.2 Å². The monoisotopic (exact) mass is 428 g/mol. The predicted octanol–water partition coefficient (Wildman–Crippen LogP) is 4.01. The fourth-order valence-electron chi connectivity index (χ4n) is 3.33. The molecule has 0 radical (unpaired) electrons. The summed E-state index contributed by atoms with van der Waals surface area (Å²) < 4.78 is 5.22. The van der Waals surface area contributed by atoms with Gasteiger partial charge in [0, 0.05) is 41.1 Å². The van der Waals surface area contributed by atoms with Crippen LogP contribution in [-0.4, -0.2) is 33.4 Å². The number of fused-ring (bicyclic) bond motifs is 1. The Morgan fingerprint density at radius 3 is 2.75 bits per heavy atom. The van der Waals surface area contributed by atoms with E-state index in [-0.39, 0.29) is 11.9 Å². The van der Waals surface area contributed by atoms with Gasteiger partial charge in [-0.1, -0.05) is 18.2 Å². The van der Waals surface area contributed by atoms with Crippen molar-refractivity contribution in [2.45, 2.75) is 20.3 Å². The van der Waals surface area contributed by atoms with Crippen LogP contribution in [0.2, 0.25) is 0 Å². The Hall–Kier alpha value is -4.20. The molecule has 8 heteroatoms. The maximum atomic E-state index is 12.4. The third-order valence-electron chi connectivity index (χ3n) is 4.72. The number of hydrogen-bond donors (Lipinski definition) is 3. The van der Waals surface area contributed by atoms with Crippen LogP contribution in [0.1, 0.15) is 22.7 Å². The van der Waals surface area contributed by atoms with E-state index in [9.17, 15) is 4.79 Å². The van der Waals surface area contributed by atoms with Crippen molar-refractivity contribution in [2.24, 2.45) is 4.99 Å². The number of para-hydroxylation sites is 1. The van der Waals surface area contributed by atoms with E-state index in [4.69, 9.17) is 4.42 Å². The van der Waals surface area contributed by atoms with Gasteiger partial charge in [0.05, 0.1) is 6.26 Å². The molecule has 3 N–H and O–H groups in total. The quantitative estimate of drug-likeness (QED) is 0.244. The van der Waals surface area contributed by atoms with Gasteiger partial charge in [-0.3, -0.25) is 20.4 Å². The zero-order valence-electron chi connectivity index (χ0n) is 17.9. The minimum Gasteiger partial charge on any atom is -0.465 e. The third-order valence-corrected chi connectivity index (χ3v) is 4.72. The van der Waals surface area contributed by atoms with Crippen molar-refractivity contribution in [1.29, 1.82) is 0 Å². The van der Waals surface area contributed by atoms with Crippen LogP contribution < -0.4 is 10.6 Å². The van der Waals surface area contributed by atoms with Crippen LogP contribution in [0.4, 0.5) is 5.95 Å². The smallest absolute Gasteiger partial charge is 0.250 e. The van der Waals surface area contributed by atoms with Crippen LogP contribution >= 0.6 is 0 Å². The highest BCUT2D eigenvalue weighted by molar-refractivity contribution is 6.08. The van der Waals surface area contributed by atoms with Crippen molar-refractivity contribution >= 4 is 34.8 Å². The van der Waals surface area contributed by atoms with Crippen molar-refractivity contribution in [3.63, 3.8) is 0 Å². The second kappa shape index (κ2) is 9.74. The number of nitrogens with zero attached hydrogens (tertiary/aromatic N) is 3. The Balaban J connectivity index is 1.49. The molecule has 0 fully saturated rings. The minimum atomic E-state index is -0.343. The summed E-state index contributed by atoms with van der Waals surface area (Å²) in [5.41, 5.74) is 3.89. The van der Waals surface area contributed by atoms with Crippen molar-refractivity contribution in [2.75, 3.05) is 11.9 Å². The zero-order valence-corrected chi connectivity index (χ0v) is 17.9. The first-order chi connectivity index (χ1) is 15.6. The molecule has 0 atom stereocenters. The van der Waals surface area contributed by atoms with Gasteiger partial charge in [0.25, 0.3) is 5.91 Å². The molecule has 4 rings (SSSR count). The number of rotatable bonds is 6. The lowest BCUT2D eigenvalue weighted by atomic mass is 10.1. The SMILES string of the molecule is Cc1cc(C)nc(NC(=NCCc2c[nH]c3ccccc23)NC(=O)C=Cc2ccco2)n1. The highest BCUT2D eigenvalue weighted by Crippen LogP contribution is 2.18. The van der Waals surface area contributed by atoms with Crippen LogP contribution in [-0.2, 0) is 11.2 Å². The molecule has 0 saturated carbocycles. The number of amides is 1. The second-order valence-corrected chi connectivity index (χ2v) is 7.28. The Kier molecular flexibility index (Phi) is 6.41. The van der Waals surface area contributed by atoms with Crippen molar-refractivity contribution in [1.82, 2.24) is 20.3 Å². The summed E-state index contributed by atoms with van der Waals surface area (Å²) in [5.74, 6) is 0.903. The largest absolute Gasteiger partial charge is 0.465 e. The highest BCUT2D eigenvalue weighted by Gasteiger charge is 2.08. The summed E-state index contributed by atoms with van der Waals surface area (Å²) in [4.78, 5) is 29.0. The van der Waals surface area contributed by atoms with E-state index in [1.165, 1.54) is 11.5 Å². The van der Waals surface area contributed by atoms with E-state index in [1.807, 2.05) is 44.3 Å². The number of hydrogen-bond acceptors (Lipinski definition) is 5. The van der Waals surface area contributed by atoms with Crippen LogP contribution in [0.3, 0.4) is 0 Å². The highest BCUT2D eigenvalue weighted by atomic mass is 16.3. The standard InChI is InChI=1S/C24H24N6O2/c1-16-14-17(2)28-24(27-16)30-23(29-22(31)10-9-19-6-5-13-32-19)25-12-11-18-15-26-21-8-4-3-7-20(18)21/h3-10,13-15,26H,11-12H2,1-2H3,(H2,25,27,28,29,30,31). The molecule has 3 aromatic heterocycles. The van der Waals surface area contributed by atoms with E-state index in [0.717, 1.165) is 22.5 Å². The number of aryl methyl sites for hydroxylation is 2. The lowest BCUT2D eigenvalue weighted by Crippen LogP contribution is -2.35. The van der Waals surface area contributed by atoms with Gasteiger partial charge in [-0.25, -0.2) is 9.97 Å². The summed E-state index contributed by atoms with van der Waals surface area (Å²) in [7, 11) is 0. The molecule has 162 valence electrons. The van der Waals surface area contributed by atoms with Crippen molar-refractivity contribution in [3.8, 4) is 0 Å². The van der Waals surface area contributed by atoms with E-state index in [2.05, 4.69) is 36.6 Å². The molecule has 8 nitrogen and oxygen atoms in total. The lowest BCUT2D eigenvalue weighted by molar-refractivity contribution is -0.115. The first-order valence-corrected chi connectivity index (χ1v) is 10.3. The molecule has 0 unspecified atom stereocenters. The summed E-state index contributed by atoms with van der Waals surface area (Å²) in [5, 5.41) is 6.97. The number of carbonyl (C=O) groups is 1. The number of aliphatic imine (C=N–C) groups is 1. The van der Waals surface area contributed by atoms with Crippen molar-refractivity contribution in [3.05, 3.63) is 83.7 Å². The molecule has 32 heavy (non-hydrogen) atoms. The molecule has 1 amide bonds. The van der Waals surface area contributed by atoms with E-state index in [0.29, 0.717) is 24.7 Å². The Morgan fingerprint density at radius 1 is 1.16 bits per heavy atom. The number of furan rings is 1. The number of H-pyrrole nitrogens is 1. The first-order valence-electron chi connectivity index (χ1n) is 10.3. The van der Waals surface area contributed by atoms with Gasteiger partial charge in [0.1, 0.15) is 5.76 Å². The number of carbonyl (C=O) groups excluding carboxylic acids is 1. The molecule has 0 spiro atoms. The van der Waals surface area contributed by atoms with Gasteiger partial charge in [-0.2, -0.15) is 0 Å². The first kappa shape index (κ1) is 21.0. The normalized spacial score (nSPS) is 11.9. The van der Waals surface area contributed by atoms with Gasteiger partial charge in [0.2, 0.25) is 11.9 Å². The fourth-order valence-corrected chi connectivity index (χ4v) is 3.33. The summed E-state index contributed by atoms with van der Waals surface area (Å²) in [6, 6.07) is 13.5. The van der Waals surface area contributed by atoms with Gasteiger partial charge in [-0.15, -0.1) is 0 Å². The number of aromatic nitrogens is 3. The number of anilines is 1. The van der Waals surface area contributed by atoms with Crippen molar-refractivity contribution < 1.29 is 9.21 Å². The van der Waals surface area contributed by atoms with E-state index < -0.39 is 0 Å². The van der Waals surface area contributed by atoms with Crippen LogP contribution in [0.25, 0.3) is 17.0 Å². The van der Waals surface area contributed by atoms with E-state index >= 15 is 0 Å². The molecular formula is C24H24N6O2. The molecule has 0 saturated heterocycles. The number of nitrogens with one attached hydrogen (secondary N) is 3. The second-order valence-electron chi connectivity index (χ2n) is 7.28. The number of aromatic amines is 1. The lowest BCUT2D eigenvalue weighted by Gasteiger charge is -2.10. The number of benzene rings is 1. The van der Waals surface area contributed by atoms with Gasteiger partial charge < -0.3 is 9.40 Å². The Bertz CT molecular complexity index is 1250. The average Bonchev–Trinajstić information content (AvgIpc) is 3.42. The molecule has 3 heterocycles. The maximum absolute atomic E-state index is 12.4. The average molecular weight is 428 g/mol. The topological polar surface area (TPSA) is 108 Å². The van der Waals surface area contributed by atoms with Crippen LogP contribution in [0, 0.1) is 13.8 Å². The van der Waals surface area contributed by atoms with E-state index in [1.54, 1.807) is 24.5 Å². The summed E-state index contributed by atoms with van der Waals surface area (Å²) in [6.07, 6.45) is 7.23. The van der Waals surface area contributed by atoms with Crippen LogP contribution in [0.15, 0.2) is 70.4 Å². The molecule has 4 aromatic rings. The van der Waals surface area contributed by atoms with Crippen LogP contribution in [0.5, 0.6) is 0 Å². The Labute approximate surface area is 185 Å². The third kappa shape index (κ3) is 5.48. The predicted molar refractivity (Wildman–Crippen MR) is 125 cm³/mol. The minimum absolute atomic E-state index is 0.281. The molecule has 0 aliphatic heterocycles.